The van der Waals surface area contributed by atoms with Gasteiger partial charge in [0.15, 0.2) is 0 Å². The lowest BCUT2D eigenvalue weighted by atomic mass is 10.0. The second kappa shape index (κ2) is 6.27. The van der Waals surface area contributed by atoms with Crippen molar-refractivity contribution in [2.24, 2.45) is 0 Å². The highest BCUT2D eigenvalue weighted by Crippen LogP contribution is 2.28. The van der Waals surface area contributed by atoms with E-state index in [2.05, 4.69) is 72.6 Å². The summed E-state index contributed by atoms with van der Waals surface area (Å²) in [6.45, 7) is 4.70. The molecule has 0 fully saturated rings. The summed E-state index contributed by atoms with van der Waals surface area (Å²) in [5, 5.41) is 6.15. The van der Waals surface area contributed by atoms with Crippen LogP contribution in [-0.4, -0.2) is 0 Å². The Morgan fingerprint density at radius 1 is 0.857 bits per heavy atom. The molecule has 3 aromatic rings. The zero-order chi connectivity index (χ0) is 14.5. The Morgan fingerprint density at radius 3 is 2.43 bits per heavy atom. The van der Waals surface area contributed by atoms with E-state index in [0.717, 1.165) is 13.0 Å². The first-order valence-corrected chi connectivity index (χ1v) is 7.28. The van der Waals surface area contributed by atoms with Gasteiger partial charge in [0.2, 0.25) is 0 Å². The van der Waals surface area contributed by atoms with Gasteiger partial charge in [0.1, 0.15) is 0 Å². The molecule has 0 amide bonds. The fourth-order valence-corrected chi connectivity index (χ4v) is 2.64. The lowest BCUT2D eigenvalue weighted by molar-refractivity contribution is 1.13. The van der Waals surface area contributed by atoms with Crippen molar-refractivity contribution in [2.45, 2.75) is 13.0 Å². The van der Waals surface area contributed by atoms with Gasteiger partial charge in [0.05, 0.1) is 0 Å². The SMILES string of the molecule is C=CCc1ccc2ccccc2c1NCc1ccccc1. The Bertz CT molecular complexity index is 744. The van der Waals surface area contributed by atoms with Crippen LogP contribution in [0.3, 0.4) is 0 Å². The minimum atomic E-state index is 0.832. The van der Waals surface area contributed by atoms with Crippen molar-refractivity contribution in [3.8, 4) is 0 Å². The smallest absolute Gasteiger partial charge is 0.0458 e. The molecule has 0 spiro atoms. The van der Waals surface area contributed by atoms with Crippen LogP contribution in [0.4, 0.5) is 5.69 Å². The predicted octanol–water partition coefficient (Wildman–Crippen LogP) is 5.18. The zero-order valence-electron chi connectivity index (χ0n) is 12.0. The number of nitrogens with one attached hydrogen (secondary N) is 1. The van der Waals surface area contributed by atoms with Crippen LogP contribution in [0.2, 0.25) is 0 Å². The van der Waals surface area contributed by atoms with E-state index < -0.39 is 0 Å². The highest BCUT2D eigenvalue weighted by Gasteiger charge is 2.06. The van der Waals surface area contributed by atoms with Crippen LogP contribution in [0.1, 0.15) is 11.1 Å². The quantitative estimate of drug-likeness (QED) is 0.631. The van der Waals surface area contributed by atoms with E-state index in [-0.39, 0.29) is 0 Å². The number of fused-ring (bicyclic) bond motifs is 1. The molecule has 0 aromatic heterocycles. The average Bonchev–Trinajstić information content (AvgIpc) is 2.55. The molecule has 0 heterocycles. The van der Waals surface area contributed by atoms with Gasteiger partial charge in [-0.3, -0.25) is 0 Å². The summed E-state index contributed by atoms with van der Waals surface area (Å²) in [6.07, 6.45) is 2.83. The van der Waals surface area contributed by atoms with E-state index in [9.17, 15) is 0 Å². The molecular weight excluding hydrogens is 254 g/mol. The molecule has 1 heteroatoms. The molecule has 1 N–H and O–H groups in total. The van der Waals surface area contributed by atoms with Gasteiger partial charge in [-0.25, -0.2) is 0 Å². The van der Waals surface area contributed by atoms with Crippen LogP contribution >= 0.6 is 0 Å². The summed E-state index contributed by atoms with van der Waals surface area (Å²) in [7, 11) is 0. The third-order valence-corrected chi connectivity index (χ3v) is 3.69. The van der Waals surface area contributed by atoms with Gasteiger partial charge in [-0.2, -0.15) is 0 Å². The second-order valence-electron chi connectivity index (χ2n) is 5.15. The number of benzene rings is 3. The molecule has 0 unspecified atom stereocenters. The van der Waals surface area contributed by atoms with E-state index >= 15 is 0 Å². The molecule has 0 radical (unpaired) electrons. The molecule has 0 bridgehead atoms. The largest absolute Gasteiger partial charge is 0.380 e. The Hall–Kier alpha value is -2.54. The Balaban J connectivity index is 1.98. The van der Waals surface area contributed by atoms with Crippen molar-refractivity contribution in [3.63, 3.8) is 0 Å². The van der Waals surface area contributed by atoms with Crippen LogP contribution in [0, 0.1) is 0 Å². The summed E-state index contributed by atoms with van der Waals surface area (Å²) >= 11 is 0. The number of allylic oxidation sites excluding steroid dienone is 1. The average molecular weight is 273 g/mol. The zero-order valence-corrected chi connectivity index (χ0v) is 12.0. The molecule has 104 valence electrons. The van der Waals surface area contributed by atoms with Crippen molar-refractivity contribution in [1.82, 2.24) is 0 Å². The van der Waals surface area contributed by atoms with Crippen molar-refractivity contribution in [2.75, 3.05) is 5.32 Å². The fraction of sp³-hybridized carbons (Fsp3) is 0.100. The highest BCUT2D eigenvalue weighted by atomic mass is 14.9. The van der Waals surface area contributed by atoms with Gasteiger partial charge in [0.25, 0.3) is 0 Å². The van der Waals surface area contributed by atoms with Gasteiger partial charge < -0.3 is 5.32 Å². The molecule has 3 aromatic carbocycles. The monoisotopic (exact) mass is 273 g/mol. The van der Waals surface area contributed by atoms with E-state index in [4.69, 9.17) is 0 Å². The summed E-state index contributed by atoms with van der Waals surface area (Å²) < 4.78 is 0. The number of hydrogen-bond donors (Lipinski definition) is 1. The van der Waals surface area contributed by atoms with E-state index in [1.54, 1.807) is 0 Å². The van der Waals surface area contributed by atoms with E-state index in [1.807, 2.05) is 12.1 Å². The first kappa shape index (κ1) is 13.4. The number of anilines is 1. The van der Waals surface area contributed by atoms with Crippen LogP contribution in [0.25, 0.3) is 10.8 Å². The molecule has 0 aliphatic heterocycles. The molecular formula is C20H19N. The van der Waals surface area contributed by atoms with Gasteiger partial charge >= 0.3 is 0 Å². The van der Waals surface area contributed by atoms with E-state index in [1.165, 1.54) is 27.6 Å². The van der Waals surface area contributed by atoms with Gasteiger partial charge in [-0.05, 0) is 22.9 Å². The summed E-state index contributed by atoms with van der Waals surface area (Å²) in [6, 6.07) is 23.4. The minimum Gasteiger partial charge on any atom is -0.380 e. The van der Waals surface area contributed by atoms with Gasteiger partial charge in [-0.1, -0.05) is 72.8 Å². The van der Waals surface area contributed by atoms with E-state index in [0.29, 0.717) is 0 Å². The van der Waals surface area contributed by atoms with Gasteiger partial charge in [0, 0.05) is 17.6 Å². The normalized spacial score (nSPS) is 10.5. The molecule has 0 atom stereocenters. The highest BCUT2D eigenvalue weighted by molar-refractivity contribution is 5.95. The van der Waals surface area contributed by atoms with Crippen molar-refractivity contribution < 1.29 is 0 Å². The fourth-order valence-electron chi connectivity index (χ4n) is 2.64. The maximum absolute atomic E-state index is 3.87. The lowest BCUT2D eigenvalue weighted by Gasteiger charge is -2.14. The lowest BCUT2D eigenvalue weighted by Crippen LogP contribution is -2.03. The van der Waals surface area contributed by atoms with Crippen molar-refractivity contribution in [1.29, 1.82) is 0 Å². The Labute approximate surface area is 125 Å². The first-order chi connectivity index (χ1) is 10.4. The van der Waals surface area contributed by atoms with Crippen LogP contribution in [0.5, 0.6) is 0 Å². The van der Waals surface area contributed by atoms with Crippen molar-refractivity contribution >= 4 is 16.5 Å². The molecule has 0 aliphatic carbocycles. The second-order valence-corrected chi connectivity index (χ2v) is 5.15. The maximum atomic E-state index is 3.87. The number of rotatable bonds is 5. The third-order valence-electron chi connectivity index (χ3n) is 3.69. The third kappa shape index (κ3) is 2.97. The summed E-state index contributed by atoms with van der Waals surface area (Å²) in [5.74, 6) is 0. The predicted molar refractivity (Wildman–Crippen MR) is 91.6 cm³/mol. The molecule has 0 saturated carbocycles. The molecule has 0 aliphatic rings. The van der Waals surface area contributed by atoms with Crippen molar-refractivity contribution in [3.05, 3.63) is 90.5 Å². The molecule has 0 saturated heterocycles. The van der Waals surface area contributed by atoms with Gasteiger partial charge in [-0.15, -0.1) is 6.58 Å². The Morgan fingerprint density at radius 2 is 1.62 bits per heavy atom. The molecule has 1 nitrogen and oxygen atoms in total. The Kier molecular flexibility index (Phi) is 4.02. The molecule has 21 heavy (non-hydrogen) atoms. The standard InChI is InChI=1S/C20H19N/c1-2-8-18-14-13-17-11-6-7-12-19(17)20(18)21-15-16-9-4-3-5-10-16/h2-7,9-14,21H,1,8,15H2. The number of hydrogen-bond acceptors (Lipinski definition) is 1. The minimum absolute atomic E-state index is 0.832. The van der Waals surface area contributed by atoms with Crippen LogP contribution in [0.15, 0.2) is 79.4 Å². The van der Waals surface area contributed by atoms with Crippen LogP contribution in [-0.2, 0) is 13.0 Å². The summed E-state index contributed by atoms with van der Waals surface area (Å²) in [5.41, 5.74) is 3.80. The maximum Gasteiger partial charge on any atom is 0.0458 e. The molecule has 3 rings (SSSR count). The summed E-state index contributed by atoms with van der Waals surface area (Å²) in [4.78, 5) is 0. The first-order valence-electron chi connectivity index (χ1n) is 7.28. The van der Waals surface area contributed by atoms with Crippen LogP contribution < -0.4 is 5.32 Å². The topological polar surface area (TPSA) is 12.0 Å².